The Bertz CT molecular complexity index is 528. The average Bonchev–Trinajstić information content (AvgIpc) is 2.91. The number of hydrogen-bond donors (Lipinski definition) is 1. The minimum Gasteiger partial charge on any atom is -0.384 e. The highest BCUT2D eigenvalue weighted by Gasteiger charge is 2.05. The molecule has 0 bridgehead atoms. The number of pyridine rings is 1. The van der Waals surface area contributed by atoms with Gasteiger partial charge in [-0.05, 0) is 24.5 Å². The minimum absolute atomic E-state index is 0.551. The van der Waals surface area contributed by atoms with E-state index in [2.05, 4.69) is 28.4 Å². The summed E-state index contributed by atoms with van der Waals surface area (Å²) < 4.78 is 2.20. The molecular weight excluding hydrogens is 260 g/mol. The first kappa shape index (κ1) is 15.5. The van der Waals surface area contributed by atoms with Crippen LogP contribution in [0.5, 0.6) is 0 Å². The first-order valence-electron chi connectivity index (χ1n) is 7.89. The van der Waals surface area contributed by atoms with Crippen LogP contribution in [-0.2, 0) is 6.54 Å². The molecule has 0 saturated carbocycles. The molecule has 0 aliphatic carbocycles. The van der Waals surface area contributed by atoms with E-state index in [1.807, 2.05) is 30.9 Å². The lowest BCUT2D eigenvalue weighted by Crippen LogP contribution is -1.99. The van der Waals surface area contributed by atoms with E-state index in [0.717, 1.165) is 23.7 Å². The maximum Gasteiger partial charge on any atom is 0.123 e. The number of anilines is 1. The average molecular weight is 286 g/mol. The molecule has 0 atom stereocenters. The molecule has 0 fully saturated rings. The lowest BCUT2D eigenvalue weighted by atomic mass is 10.0. The van der Waals surface area contributed by atoms with Crippen LogP contribution < -0.4 is 5.73 Å². The highest BCUT2D eigenvalue weighted by Crippen LogP contribution is 2.19. The maximum atomic E-state index is 5.63. The third-order valence-corrected chi connectivity index (χ3v) is 3.72. The molecule has 0 radical (unpaired) electrons. The van der Waals surface area contributed by atoms with Gasteiger partial charge < -0.3 is 10.3 Å². The lowest BCUT2D eigenvalue weighted by Gasteiger charge is -2.08. The second kappa shape index (κ2) is 7.81. The molecule has 0 spiro atoms. The van der Waals surface area contributed by atoms with Gasteiger partial charge in [-0.15, -0.1) is 0 Å². The molecule has 2 aromatic rings. The Balaban J connectivity index is 1.82. The van der Waals surface area contributed by atoms with Crippen molar-refractivity contribution in [2.75, 3.05) is 5.73 Å². The van der Waals surface area contributed by atoms with Gasteiger partial charge in [0.05, 0.1) is 18.2 Å². The number of aryl methyl sites for hydroxylation is 1. The summed E-state index contributed by atoms with van der Waals surface area (Å²) in [5.41, 5.74) is 7.82. The van der Waals surface area contributed by atoms with Gasteiger partial charge in [0.2, 0.25) is 0 Å². The summed E-state index contributed by atoms with van der Waals surface area (Å²) in [6.07, 6.45) is 12.1. The van der Waals surface area contributed by atoms with E-state index >= 15 is 0 Å². The fourth-order valence-corrected chi connectivity index (χ4v) is 2.48. The smallest absolute Gasteiger partial charge is 0.123 e. The molecule has 0 aliphatic heterocycles. The van der Waals surface area contributed by atoms with Gasteiger partial charge in [-0.1, -0.05) is 39.5 Å². The monoisotopic (exact) mass is 286 g/mol. The second-order valence-corrected chi connectivity index (χ2v) is 6.04. The van der Waals surface area contributed by atoms with Crippen molar-refractivity contribution in [1.29, 1.82) is 0 Å². The Morgan fingerprint density at radius 2 is 1.90 bits per heavy atom. The van der Waals surface area contributed by atoms with E-state index in [1.54, 1.807) is 0 Å². The van der Waals surface area contributed by atoms with Gasteiger partial charge in [0, 0.05) is 18.3 Å². The van der Waals surface area contributed by atoms with Crippen LogP contribution in [0.2, 0.25) is 0 Å². The molecule has 2 N–H and O–H groups in total. The van der Waals surface area contributed by atoms with Crippen LogP contribution in [0.1, 0.15) is 46.0 Å². The van der Waals surface area contributed by atoms with E-state index in [4.69, 9.17) is 5.73 Å². The first-order chi connectivity index (χ1) is 10.2. The van der Waals surface area contributed by atoms with Gasteiger partial charge in [-0.25, -0.2) is 9.97 Å². The minimum atomic E-state index is 0.551. The number of hydrogen-bond acceptors (Lipinski definition) is 3. The topological polar surface area (TPSA) is 56.7 Å². The number of nitrogens with zero attached hydrogens (tertiary/aromatic N) is 3. The highest BCUT2D eigenvalue weighted by molar-refractivity contribution is 5.59. The standard InChI is InChI=1S/C17H26N4/c1-14(2)7-5-3-4-6-10-21-13-19-12-16(21)15-8-9-17(18)20-11-15/h8-9,11-14H,3-7,10H2,1-2H3,(H2,18,20). The molecule has 2 aromatic heterocycles. The number of aromatic nitrogens is 3. The van der Waals surface area contributed by atoms with Gasteiger partial charge in [0.25, 0.3) is 0 Å². The molecule has 0 unspecified atom stereocenters. The Kier molecular flexibility index (Phi) is 5.78. The molecule has 0 aromatic carbocycles. The second-order valence-electron chi connectivity index (χ2n) is 6.04. The quantitative estimate of drug-likeness (QED) is 0.742. The van der Waals surface area contributed by atoms with Crippen molar-refractivity contribution < 1.29 is 0 Å². The third-order valence-electron chi connectivity index (χ3n) is 3.72. The van der Waals surface area contributed by atoms with Crippen LogP contribution in [-0.4, -0.2) is 14.5 Å². The van der Waals surface area contributed by atoms with Crippen LogP contribution in [0.15, 0.2) is 30.9 Å². The van der Waals surface area contributed by atoms with Crippen molar-refractivity contribution >= 4 is 5.82 Å². The number of imidazole rings is 1. The SMILES string of the molecule is CC(C)CCCCCCn1cncc1-c1ccc(N)nc1. The predicted octanol–water partition coefficient (Wildman–Crippen LogP) is 4.13. The Hall–Kier alpha value is -1.84. The number of unbranched alkanes of at least 4 members (excludes halogenated alkanes) is 3. The largest absolute Gasteiger partial charge is 0.384 e. The lowest BCUT2D eigenvalue weighted by molar-refractivity contribution is 0.506. The third kappa shape index (κ3) is 4.88. The number of nitrogens with two attached hydrogens (primary N) is 1. The van der Waals surface area contributed by atoms with Crippen molar-refractivity contribution in [3.8, 4) is 11.3 Å². The molecule has 0 aliphatic rings. The molecule has 2 rings (SSSR count). The zero-order valence-corrected chi connectivity index (χ0v) is 13.1. The van der Waals surface area contributed by atoms with E-state index < -0.39 is 0 Å². The predicted molar refractivity (Wildman–Crippen MR) is 87.8 cm³/mol. The summed E-state index contributed by atoms with van der Waals surface area (Å²) in [7, 11) is 0. The fraction of sp³-hybridized carbons (Fsp3) is 0.529. The first-order valence-corrected chi connectivity index (χ1v) is 7.89. The summed E-state index contributed by atoms with van der Waals surface area (Å²) in [6, 6.07) is 3.83. The van der Waals surface area contributed by atoms with Crippen LogP contribution in [0, 0.1) is 5.92 Å². The van der Waals surface area contributed by atoms with Gasteiger partial charge in [0.15, 0.2) is 0 Å². The van der Waals surface area contributed by atoms with Gasteiger partial charge in [-0.2, -0.15) is 0 Å². The van der Waals surface area contributed by atoms with Crippen LogP contribution >= 0.6 is 0 Å². The number of rotatable bonds is 8. The van der Waals surface area contributed by atoms with Crippen LogP contribution in [0.25, 0.3) is 11.3 Å². The molecule has 2 heterocycles. The Morgan fingerprint density at radius 3 is 2.62 bits per heavy atom. The molecule has 0 saturated heterocycles. The summed E-state index contributed by atoms with van der Waals surface area (Å²) in [5, 5.41) is 0. The van der Waals surface area contributed by atoms with Crippen LogP contribution in [0.4, 0.5) is 5.82 Å². The molecule has 0 amide bonds. The Morgan fingerprint density at radius 1 is 1.10 bits per heavy atom. The van der Waals surface area contributed by atoms with Gasteiger partial charge in [-0.3, -0.25) is 0 Å². The summed E-state index contributed by atoms with van der Waals surface area (Å²) >= 11 is 0. The molecule has 21 heavy (non-hydrogen) atoms. The molecule has 4 heteroatoms. The zero-order valence-electron chi connectivity index (χ0n) is 13.1. The van der Waals surface area contributed by atoms with Gasteiger partial charge >= 0.3 is 0 Å². The van der Waals surface area contributed by atoms with E-state index in [1.165, 1.54) is 32.1 Å². The van der Waals surface area contributed by atoms with Crippen molar-refractivity contribution in [2.24, 2.45) is 5.92 Å². The van der Waals surface area contributed by atoms with E-state index in [0.29, 0.717) is 5.82 Å². The zero-order chi connectivity index (χ0) is 15.1. The Labute approximate surface area is 127 Å². The van der Waals surface area contributed by atoms with Crippen molar-refractivity contribution in [3.05, 3.63) is 30.9 Å². The summed E-state index contributed by atoms with van der Waals surface area (Å²) in [4.78, 5) is 8.41. The van der Waals surface area contributed by atoms with Crippen LogP contribution in [0.3, 0.4) is 0 Å². The normalized spacial score (nSPS) is 11.2. The van der Waals surface area contributed by atoms with E-state index in [9.17, 15) is 0 Å². The fourth-order valence-electron chi connectivity index (χ4n) is 2.48. The van der Waals surface area contributed by atoms with E-state index in [-0.39, 0.29) is 0 Å². The van der Waals surface area contributed by atoms with Crippen molar-refractivity contribution in [3.63, 3.8) is 0 Å². The van der Waals surface area contributed by atoms with Crippen molar-refractivity contribution in [1.82, 2.24) is 14.5 Å². The molecular formula is C17H26N4. The van der Waals surface area contributed by atoms with Crippen molar-refractivity contribution in [2.45, 2.75) is 52.5 Å². The van der Waals surface area contributed by atoms with Gasteiger partial charge in [0.1, 0.15) is 5.82 Å². The molecule has 4 nitrogen and oxygen atoms in total. The highest BCUT2D eigenvalue weighted by atomic mass is 15.0. The number of nitrogen functional groups attached to an aromatic ring is 1. The summed E-state index contributed by atoms with van der Waals surface area (Å²) in [5.74, 6) is 1.37. The molecule has 114 valence electrons. The summed E-state index contributed by atoms with van der Waals surface area (Å²) in [6.45, 7) is 5.60. The maximum absolute atomic E-state index is 5.63.